The van der Waals surface area contributed by atoms with Crippen molar-refractivity contribution in [2.45, 2.75) is 39.0 Å². The van der Waals surface area contributed by atoms with E-state index in [1.807, 2.05) is 6.92 Å². The lowest BCUT2D eigenvalue weighted by atomic mass is 10.1. The van der Waals surface area contributed by atoms with Crippen LogP contribution < -0.4 is 11.3 Å². The van der Waals surface area contributed by atoms with Gasteiger partial charge in [0.1, 0.15) is 5.82 Å². The van der Waals surface area contributed by atoms with Crippen LogP contribution in [0, 0.1) is 5.82 Å². The number of benzene rings is 1. The molecule has 1 aromatic rings. The second kappa shape index (κ2) is 6.98. The van der Waals surface area contributed by atoms with E-state index >= 15 is 0 Å². The van der Waals surface area contributed by atoms with Crippen LogP contribution in [0.5, 0.6) is 0 Å². The Morgan fingerprint density at radius 3 is 3.00 bits per heavy atom. The summed E-state index contributed by atoms with van der Waals surface area (Å²) in [6.45, 7) is 5.97. The summed E-state index contributed by atoms with van der Waals surface area (Å²) < 4.78 is 19.6. The van der Waals surface area contributed by atoms with Crippen LogP contribution in [0.2, 0.25) is 0 Å². The standard InChI is InChI=1S/C15H22FN3O2/c1-3-13-9-21-10(2)7-19(13)8-12-6-11(15(20)18-17)4-5-14(12)16/h4-6,10,13H,3,7-9,17H2,1-2H3,(H,18,20). The number of carbonyl (C=O) groups is 1. The van der Waals surface area contributed by atoms with Crippen LogP contribution in [0.15, 0.2) is 18.2 Å². The van der Waals surface area contributed by atoms with E-state index in [-0.39, 0.29) is 18.0 Å². The first kappa shape index (κ1) is 15.9. The van der Waals surface area contributed by atoms with Crippen LogP contribution in [0.25, 0.3) is 0 Å². The topological polar surface area (TPSA) is 67.6 Å². The maximum Gasteiger partial charge on any atom is 0.265 e. The van der Waals surface area contributed by atoms with Crippen LogP contribution >= 0.6 is 0 Å². The summed E-state index contributed by atoms with van der Waals surface area (Å²) in [4.78, 5) is 13.8. The second-order valence-corrected chi connectivity index (χ2v) is 5.42. The molecule has 0 spiro atoms. The van der Waals surface area contributed by atoms with Gasteiger partial charge in [0.2, 0.25) is 0 Å². The van der Waals surface area contributed by atoms with Gasteiger partial charge in [0.05, 0.1) is 12.7 Å². The van der Waals surface area contributed by atoms with Gasteiger partial charge in [-0.1, -0.05) is 6.92 Å². The van der Waals surface area contributed by atoms with Crippen molar-refractivity contribution < 1.29 is 13.9 Å². The number of nitrogens with one attached hydrogen (secondary N) is 1. The van der Waals surface area contributed by atoms with Crippen molar-refractivity contribution in [1.29, 1.82) is 0 Å². The van der Waals surface area contributed by atoms with Gasteiger partial charge >= 0.3 is 0 Å². The van der Waals surface area contributed by atoms with Crippen molar-refractivity contribution in [1.82, 2.24) is 10.3 Å². The highest BCUT2D eigenvalue weighted by molar-refractivity contribution is 5.93. The fourth-order valence-corrected chi connectivity index (χ4v) is 2.62. The summed E-state index contributed by atoms with van der Waals surface area (Å²) in [5.41, 5.74) is 2.93. The molecule has 3 N–H and O–H groups in total. The van der Waals surface area contributed by atoms with Gasteiger partial charge in [-0.05, 0) is 31.5 Å². The summed E-state index contributed by atoms with van der Waals surface area (Å²) in [5.74, 6) is 4.39. The average molecular weight is 295 g/mol. The molecular weight excluding hydrogens is 273 g/mol. The van der Waals surface area contributed by atoms with E-state index in [0.717, 1.165) is 13.0 Å². The lowest BCUT2D eigenvalue weighted by Crippen LogP contribution is -2.48. The van der Waals surface area contributed by atoms with E-state index in [4.69, 9.17) is 10.6 Å². The molecule has 21 heavy (non-hydrogen) atoms. The number of rotatable bonds is 4. The second-order valence-electron chi connectivity index (χ2n) is 5.42. The van der Waals surface area contributed by atoms with Gasteiger partial charge in [-0.3, -0.25) is 15.1 Å². The quantitative estimate of drug-likeness (QED) is 0.501. The first-order valence-corrected chi connectivity index (χ1v) is 7.20. The van der Waals surface area contributed by atoms with Crippen LogP contribution in [0.3, 0.4) is 0 Å². The van der Waals surface area contributed by atoms with Gasteiger partial charge in [-0.25, -0.2) is 10.2 Å². The molecule has 2 atom stereocenters. The molecular formula is C15H22FN3O2. The summed E-state index contributed by atoms with van der Waals surface area (Å²) in [5, 5.41) is 0. The maximum absolute atomic E-state index is 14.0. The average Bonchev–Trinajstić information content (AvgIpc) is 2.49. The van der Waals surface area contributed by atoms with Crippen molar-refractivity contribution >= 4 is 5.91 Å². The fourth-order valence-electron chi connectivity index (χ4n) is 2.62. The molecule has 116 valence electrons. The van der Waals surface area contributed by atoms with Crippen molar-refractivity contribution in [3.05, 3.63) is 35.1 Å². The number of morpholine rings is 1. The van der Waals surface area contributed by atoms with Gasteiger partial charge in [-0.2, -0.15) is 0 Å². The molecule has 1 heterocycles. The lowest BCUT2D eigenvalue weighted by Gasteiger charge is -2.38. The minimum Gasteiger partial charge on any atom is -0.376 e. The molecule has 0 bridgehead atoms. The molecule has 0 aromatic heterocycles. The van der Waals surface area contributed by atoms with E-state index < -0.39 is 5.91 Å². The zero-order chi connectivity index (χ0) is 15.4. The summed E-state index contributed by atoms with van der Waals surface area (Å²) in [6.07, 6.45) is 1.07. The van der Waals surface area contributed by atoms with Crippen molar-refractivity contribution in [3.63, 3.8) is 0 Å². The number of amides is 1. The maximum atomic E-state index is 14.0. The summed E-state index contributed by atoms with van der Waals surface area (Å²) >= 11 is 0. The van der Waals surface area contributed by atoms with Crippen LogP contribution in [0.4, 0.5) is 4.39 Å². The largest absolute Gasteiger partial charge is 0.376 e. The Morgan fingerprint density at radius 2 is 2.33 bits per heavy atom. The Bertz CT molecular complexity index is 510. The SMILES string of the molecule is CCC1COC(C)CN1Cc1cc(C(=O)NN)ccc1F. The zero-order valence-electron chi connectivity index (χ0n) is 12.4. The molecule has 2 unspecified atom stereocenters. The van der Waals surface area contributed by atoms with Crippen molar-refractivity contribution in [3.8, 4) is 0 Å². The molecule has 1 aliphatic heterocycles. The van der Waals surface area contributed by atoms with E-state index in [2.05, 4.69) is 17.2 Å². The molecule has 0 aliphatic carbocycles. The van der Waals surface area contributed by atoms with Crippen molar-refractivity contribution in [2.24, 2.45) is 5.84 Å². The predicted molar refractivity (Wildman–Crippen MR) is 78.0 cm³/mol. The number of hydrogen-bond donors (Lipinski definition) is 2. The monoisotopic (exact) mass is 295 g/mol. The molecule has 5 nitrogen and oxygen atoms in total. The highest BCUT2D eigenvalue weighted by atomic mass is 19.1. The van der Waals surface area contributed by atoms with E-state index in [9.17, 15) is 9.18 Å². The smallest absolute Gasteiger partial charge is 0.265 e. The third kappa shape index (κ3) is 3.78. The number of halogens is 1. The molecule has 1 fully saturated rings. The Balaban J connectivity index is 2.18. The normalized spacial score (nSPS) is 23.0. The zero-order valence-corrected chi connectivity index (χ0v) is 12.4. The van der Waals surface area contributed by atoms with Gasteiger partial charge in [0, 0.05) is 30.3 Å². The third-order valence-corrected chi connectivity index (χ3v) is 3.86. The Morgan fingerprint density at radius 1 is 1.57 bits per heavy atom. The number of ether oxygens (including phenoxy) is 1. The molecule has 0 saturated carbocycles. The van der Waals surface area contributed by atoms with Crippen LogP contribution in [-0.4, -0.2) is 36.1 Å². The van der Waals surface area contributed by atoms with E-state index in [0.29, 0.717) is 24.3 Å². The number of nitrogens with two attached hydrogens (primary N) is 1. The highest BCUT2D eigenvalue weighted by Gasteiger charge is 2.26. The molecule has 1 aliphatic rings. The predicted octanol–water partition coefficient (Wildman–Crippen LogP) is 1.43. The van der Waals surface area contributed by atoms with Crippen molar-refractivity contribution in [2.75, 3.05) is 13.2 Å². The Hall–Kier alpha value is -1.50. The van der Waals surface area contributed by atoms with E-state index in [1.165, 1.54) is 12.1 Å². The number of nitrogen functional groups attached to an aromatic ring is 1. The minimum atomic E-state index is -0.418. The number of hydrogen-bond acceptors (Lipinski definition) is 4. The third-order valence-electron chi connectivity index (χ3n) is 3.86. The highest BCUT2D eigenvalue weighted by Crippen LogP contribution is 2.20. The Labute approximate surface area is 124 Å². The number of hydrazine groups is 1. The van der Waals surface area contributed by atoms with Gasteiger partial charge in [0.15, 0.2) is 0 Å². The van der Waals surface area contributed by atoms with E-state index in [1.54, 1.807) is 6.07 Å². The molecule has 6 heteroatoms. The minimum absolute atomic E-state index is 0.131. The first-order valence-electron chi connectivity index (χ1n) is 7.20. The summed E-state index contributed by atoms with van der Waals surface area (Å²) in [7, 11) is 0. The van der Waals surface area contributed by atoms with Gasteiger partial charge in [-0.15, -0.1) is 0 Å². The fraction of sp³-hybridized carbons (Fsp3) is 0.533. The van der Waals surface area contributed by atoms with Gasteiger partial charge < -0.3 is 4.74 Å². The lowest BCUT2D eigenvalue weighted by molar-refractivity contribution is -0.0595. The van der Waals surface area contributed by atoms with Crippen LogP contribution in [0.1, 0.15) is 36.2 Å². The van der Waals surface area contributed by atoms with Crippen LogP contribution in [-0.2, 0) is 11.3 Å². The summed E-state index contributed by atoms with van der Waals surface area (Å²) in [6, 6.07) is 4.57. The molecule has 1 amide bonds. The molecule has 1 saturated heterocycles. The molecule has 1 aromatic carbocycles. The molecule has 2 rings (SSSR count). The Kier molecular flexibility index (Phi) is 5.27. The first-order chi connectivity index (χ1) is 10.0. The number of nitrogens with zero attached hydrogens (tertiary/aromatic N) is 1. The van der Waals surface area contributed by atoms with Gasteiger partial charge in [0.25, 0.3) is 5.91 Å². The molecule has 0 radical (unpaired) electrons. The number of carbonyl (C=O) groups excluding carboxylic acids is 1.